The van der Waals surface area contributed by atoms with E-state index in [4.69, 9.17) is 0 Å². The molecule has 2 aromatic rings. The zero-order valence-electron chi connectivity index (χ0n) is 16.1. The normalized spacial score (nSPS) is 20.4. The second-order valence-corrected chi connectivity index (χ2v) is 7.42. The van der Waals surface area contributed by atoms with Gasteiger partial charge in [0.05, 0.1) is 23.5 Å². The average molecular weight is 400 g/mol. The van der Waals surface area contributed by atoms with E-state index in [1.54, 1.807) is 30.3 Å². The number of pyridine rings is 1. The number of fused-ring (bicyclic) bond motifs is 1. The number of aromatic nitrogens is 1. The molecule has 1 atom stereocenters. The van der Waals surface area contributed by atoms with Crippen molar-refractivity contribution in [3.8, 4) is 0 Å². The zero-order chi connectivity index (χ0) is 20.6. The minimum atomic E-state index is -2.71. The number of hydrogen-bond acceptors (Lipinski definition) is 4. The van der Waals surface area contributed by atoms with Crippen LogP contribution in [0.15, 0.2) is 42.6 Å². The summed E-state index contributed by atoms with van der Waals surface area (Å²) in [5.74, 6) is -2.85. The lowest BCUT2D eigenvalue weighted by molar-refractivity contribution is -0.117. The number of carbonyl (C=O) groups is 2. The number of alkyl halides is 2. The summed E-state index contributed by atoms with van der Waals surface area (Å²) in [7, 11) is 0. The van der Waals surface area contributed by atoms with Gasteiger partial charge in [0.1, 0.15) is 11.9 Å². The molecule has 0 saturated carbocycles. The molecule has 1 N–H and O–H groups in total. The molecule has 2 amide bonds. The molecule has 29 heavy (non-hydrogen) atoms. The fourth-order valence-corrected chi connectivity index (χ4v) is 3.85. The fraction of sp³-hybridized carbons (Fsp3) is 0.381. The van der Waals surface area contributed by atoms with Crippen LogP contribution in [-0.2, 0) is 4.79 Å². The summed E-state index contributed by atoms with van der Waals surface area (Å²) < 4.78 is 26.9. The van der Waals surface area contributed by atoms with E-state index in [1.807, 2.05) is 13.0 Å². The summed E-state index contributed by atoms with van der Waals surface area (Å²) in [4.78, 5) is 33.1. The van der Waals surface area contributed by atoms with E-state index in [0.29, 0.717) is 29.2 Å². The summed E-state index contributed by atoms with van der Waals surface area (Å²) >= 11 is 0. The third-order valence-corrected chi connectivity index (χ3v) is 5.31. The number of carbonyl (C=O) groups excluding carboxylic acids is 2. The van der Waals surface area contributed by atoms with Gasteiger partial charge in [0.25, 0.3) is 11.8 Å². The van der Waals surface area contributed by atoms with Gasteiger partial charge in [0, 0.05) is 19.2 Å². The molecule has 2 aliphatic rings. The molecule has 1 aromatic carbocycles. The molecule has 3 heterocycles. The van der Waals surface area contributed by atoms with Crippen LogP contribution in [0.5, 0.6) is 0 Å². The lowest BCUT2D eigenvalue weighted by Gasteiger charge is -2.36. The molecule has 1 unspecified atom stereocenters. The van der Waals surface area contributed by atoms with Crippen molar-refractivity contribution in [2.24, 2.45) is 0 Å². The molecule has 0 aliphatic carbocycles. The first-order valence-electron chi connectivity index (χ1n) is 9.72. The van der Waals surface area contributed by atoms with E-state index in [0.717, 1.165) is 6.42 Å². The van der Waals surface area contributed by atoms with Crippen molar-refractivity contribution in [2.45, 2.75) is 38.2 Å². The lowest BCUT2D eigenvalue weighted by Crippen LogP contribution is -2.51. The smallest absolute Gasteiger partial charge is 0.266 e. The number of amides is 2. The maximum atomic E-state index is 13.5. The number of halogens is 2. The van der Waals surface area contributed by atoms with Gasteiger partial charge in [-0.1, -0.05) is 25.5 Å². The van der Waals surface area contributed by atoms with Gasteiger partial charge in [-0.2, -0.15) is 0 Å². The number of nitrogens with zero attached hydrogens (tertiary/aromatic N) is 3. The highest BCUT2D eigenvalue weighted by molar-refractivity contribution is 6.16. The predicted octanol–water partition coefficient (Wildman–Crippen LogP) is 3.69. The second kappa shape index (κ2) is 7.42. The van der Waals surface area contributed by atoms with Crippen molar-refractivity contribution in [2.75, 3.05) is 28.2 Å². The van der Waals surface area contributed by atoms with Crippen LogP contribution in [0.25, 0.3) is 0 Å². The van der Waals surface area contributed by atoms with Crippen molar-refractivity contribution in [3.63, 3.8) is 0 Å². The maximum absolute atomic E-state index is 13.5. The Labute approximate surface area is 167 Å². The van der Waals surface area contributed by atoms with Gasteiger partial charge in [-0.25, -0.2) is 13.8 Å². The highest BCUT2D eigenvalue weighted by atomic mass is 19.3. The Morgan fingerprint density at radius 1 is 1.28 bits per heavy atom. The average Bonchev–Trinajstić information content (AvgIpc) is 3.08. The van der Waals surface area contributed by atoms with Crippen molar-refractivity contribution in [1.82, 2.24) is 4.98 Å². The molecule has 8 heteroatoms. The van der Waals surface area contributed by atoms with E-state index in [2.05, 4.69) is 10.3 Å². The van der Waals surface area contributed by atoms with E-state index >= 15 is 0 Å². The third-order valence-electron chi connectivity index (χ3n) is 5.31. The molecular weight excluding hydrogens is 378 g/mol. The number of hydrogen-bond donors (Lipinski definition) is 1. The van der Waals surface area contributed by atoms with E-state index in [-0.39, 0.29) is 31.3 Å². The molecule has 2 aliphatic heterocycles. The van der Waals surface area contributed by atoms with Crippen LogP contribution in [0, 0.1) is 0 Å². The van der Waals surface area contributed by atoms with Crippen LogP contribution in [0.1, 0.15) is 36.5 Å². The summed E-state index contributed by atoms with van der Waals surface area (Å²) in [5.41, 5.74) is 1.53. The number of benzene rings is 1. The molecule has 0 spiro atoms. The van der Waals surface area contributed by atoms with Crippen LogP contribution in [-0.4, -0.2) is 41.9 Å². The van der Waals surface area contributed by atoms with Gasteiger partial charge in [0.2, 0.25) is 5.91 Å². The SMILES string of the molecule is CCCC1C(=O)Nc2ccccc2N1C(=O)c1ccc(N2CCC(F)(F)C2)nc1. The standard InChI is InChI=1S/C21H22F2N4O2/c1-2-5-17-19(28)25-15-6-3-4-7-16(15)27(17)20(29)14-8-9-18(24-12-14)26-11-10-21(22,23)13-26/h3-4,6-9,12,17H,2,5,10-11,13H2,1H3,(H,25,28). The first-order valence-corrected chi connectivity index (χ1v) is 9.72. The monoisotopic (exact) mass is 400 g/mol. The van der Waals surface area contributed by atoms with E-state index in [1.165, 1.54) is 16.0 Å². The number of para-hydroxylation sites is 2. The molecular formula is C21H22F2N4O2. The van der Waals surface area contributed by atoms with Crippen LogP contribution in [0.3, 0.4) is 0 Å². The quantitative estimate of drug-likeness (QED) is 0.850. The second-order valence-electron chi connectivity index (χ2n) is 7.42. The maximum Gasteiger partial charge on any atom is 0.266 e. The first-order chi connectivity index (χ1) is 13.9. The van der Waals surface area contributed by atoms with Crippen LogP contribution in [0.2, 0.25) is 0 Å². The fourth-order valence-electron chi connectivity index (χ4n) is 3.85. The van der Waals surface area contributed by atoms with Crippen LogP contribution < -0.4 is 15.1 Å². The number of nitrogens with one attached hydrogen (secondary N) is 1. The van der Waals surface area contributed by atoms with Gasteiger partial charge in [0.15, 0.2) is 0 Å². The first kappa shape index (κ1) is 19.3. The van der Waals surface area contributed by atoms with E-state index in [9.17, 15) is 18.4 Å². The summed E-state index contributed by atoms with van der Waals surface area (Å²) in [6, 6.07) is 9.71. The Morgan fingerprint density at radius 2 is 2.07 bits per heavy atom. The third kappa shape index (κ3) is 3.66. The van der Waals surface area contributed by atoms with Crippen molar-refractivity contribution in [1.29, 1.82) is 0 Å². The van der Waals surface area contributed by atoms with Crippen molar-refractivity contribution < 1.29 is 18.4 Å². The van der Waals surface area contributed by atoms with Gasteiger partial charge in [-0.05, 0) is 30.7 Å². The molecule has 0 radical (unpaired) electrons. The van der Waals surface area contributed by atoms with Crippen molar-refractivity contribution >= 4 is 29.0 Å². The minimum absolute atomic E-state index is 0.201. The van der Waals surface area contributed by atoms with Gasteiger partial charge < -0.3 is 10.2 Å². The molecule has 6 nitrogen and oxygen atoms in total. The zero-order valence-corrected chi connectivity index (χ0v) is 16.1. The van der Waals surface area contributed by atoms with Gasteiger partial charge in [-0.3, -0.25) is 14.5 Å². The van der Waals surface area contributed by atoms with Gasteiger partial charge >= 0.3 is 0 Å². The number of rotatable bonds is 4. The van der Waals surface area contributed by atoms with Crippen molar-refractivity contribution in [3.05, 3.63) is 48.2 Å². The van der Waals surface area contributed by atoms with E-state index < -0.39 is 12.0 Å². The Kier molecular flexibility index (Phi) is 4.94. The van der Waals surface area contributed by atoms with Gasteiger partial charge in [-0.15, -0.1) is 0 Å². The molecule has 0 bridgehead atoms. The number of anilines is 3. The largest absolute Gasteiger partial charge is 0.350 e. The Balaban J connectivity index is 1.63. The highest BCUT2D eigenvalue weighted by Gasteiger charge is 2.39. The molecule has 152 valence electrons. The topological polar surface area (TPSA) is 65.5 Å². The van der Waals surface area contributed by atoms with Crippen LogP contribution >= 0.6 is 0 Å². The minimum Gasteiger partial charge on any atom is -0.350 e. The lowest BCUT2D eigenvalue weighted by atomic mass is 10.0. The molecule has 1 saturated heterocycles. The Hall–Kier alpha value is -3.03. The summed E-state index contributed by atoms with van der Waals surface area (Å²) in [6.07, 6.45) is 2.46. The van der Waals surface area contributed by atoms with Crippen LogP contribution in [0.4, 0.5) is 26.0 Å². The molecule has 1 aromatic heterocycles. The molecule has 1 fully saturated rings. The predicted molar refractivity (Wildman–Crippen MR) is 107 cm³/mol. The molecule has 4 rings (SSSR count). The Bertz CT molecular complexity index is 933. The Morgan fingerprint density at radius 3 is 2.72 bits per heavy atom. The highest BCUT2D eigenvalue weighted by Crippen LogP contribution is 2.35. The summed E-state index contributed by atoms with van der Waals surface area (Å²) in [5, 5.41) is 2.86. The summed E-state index contributed by atoms with van der Waals surface area (Å²) in [6.45, 7) is 1.82.